The zero-order chi connectivity index (χ0) is 17.2. The van der Waals surface area contributed by atoms with Crippen molar-refractivity contribution < 1.29 is 27.5 Å². The van der Waals surface area contributed by atoms with Gasteiger partial charge in [-0.2, -0.15) is 13.2 Å². The summed E-state index contributed by atoms with van der Waals surface area (Å²) in [5.41, 5.74) is 4.09. The number of ether oxygens (including phenoxy) is 1. The van der Waals surface area contributed by atoms with Crippen molar-refractivity contribution in [2.75, 3.05) is 25.1 Å². The van der Waals surface area contributed by atoms with Crippen molar-refractivity contribution in [2.24, 2.45) is 11.7 Å². The van der Waals surface area contributed by atoms with Crippen molar-refractivity contribution in [3.63, 3.8) is 0 Å². The van der Waals surface area contributed by atoms with Gasteiger partial charge < -0.3 is 15.4 Å². The molecule has 0 unspecified atom stereocenters. The van der Waals surface area contributed by atoms with Crippen molar-refractivity contribution in [1.82, 2.24) is 4.98 Å². The molecule has 0 bridgehead atoms. The molecule has 126 valence electrons. The highest BCUT2D eigenvalue weighted by Crippen LogP contribution is 2.32. The fourth-order valence-corrected chi connectivity index (χ4v) is 2.52. The first-order valence-electron chi connectivity index (χ1n) is 6.95. The van der Waals surface area contributed by atoms with Crippen LogP contribution in [0, 0.1) is 5.92 Å². The number of halogens is 3. The molecule has 1 aliphatic heterocycles. The second-order valence-corrected chi connectivity index (χ2v) is 5.24. The molecule has 2 heterocycles. The molecule has 0 spiro atoms. The number of hydrogen-bond donors (Lipinski definition) is 1. The number of nitrogens with zero attached hydrogens (tertiary/aromatic N) is 2. The highest BCUT2D eigenvalue weighted by molar-refractivity contribution is 5.95. The Labute approximate surface area is 130 Å². The molecular weight excluding hydrogens is 315 g/mol. The molecular formula is C14H16F3N3O3. The third-order valence-corrected chi connectivity index (χ3v) is 3.69. The number of nitrogens with two attached hydrogens (primary N) is 1. The van der Waals surface area contributed by atoms with Crippen LogP contribution in [-0.2, 0) is 15.7 Å². The summed E-state index contributed by atoms with van der Waals surface area (Å²) in [6.07, 6.45) is -3.52. The number of carbonyl (C=O) groups is 2. The van der Waals surface area contributed by atoms with Gasteiger partial charge in [-0.05, 0) is 25.0 Å². The average Bonchev–Trinajstić information content (AvgIpc) is 2.52. The summed E-state index contributed by atoms with van der Waals surface area (Å²) in [6, 6.07) is 1.76. The lowest BCUT2D eigenvalue weighted by Gasteiger charge is -2.33. The fraction of sp³-hybridized carbons (Fsp3) is 0.500. The first kappa shape index (κ1) is 17.0. The molecule has 1 atom stereocenters. The Bertz CT molecular complexity index is 619. The molecule has 1 fully saturated rings. The van der Waals surface area contributed by atoms with E-state index in [1.54, 1.807) is 0 Å². The molecule has 1 amide bonds. The van der Waals surface area contributed by atoms with Gasteiger partial charge in [0, 0.05) is 13.1 Å². The van der Waals surface area contributed by atoms with Crippen LogP contribution in [0.3, 0.4) is 0 Å². The lowest BCUT2D eigenvalue weighted by atomic mass is 9.97. The Kier molecular flexibility index (Phi) is 4.76. The van der Waals surface area contributed by atoms with Crippen molar-refractivity contribution in [1.29, 1.82) is 0 Å². The van der Waals surface area contributed by atoms with Gasteiger partial charge in [-0.25, -0.2) is 9.78 Å². The normalized spacial score (nSPS) is 18.6. The second kappa shape index (κ2) is 6.43. The summed E-state index contributed by atoms with van der Waals surface area (Å²) in [4.78, 5) is 28.2. The Morgan fingerprint density at radius 3 is 2.65 bits per heavy atom. The van der Waals surface area contributed by atoms with E-state index in [2.05, 4.69) is 9.72 Å². The van der Waals surface area contributed by atoms with Crippen LogP contribution >= 0.6 is 0 Å². The highest BCUT2D eigenvalue weighted by atomic mass is 19.4. The highest BCUT2D eigenvalue weighted by Gasteiger charge is 2.35. The fourth-order valence-electron chi connectivity index (χ4n) is 2.52. The van der Waals surface area contributed by atoms with Gasteiger partial charge in [0.05, 0.1) is 13.0 Å². The first-order valence-corrected chi connectivity index (χ1v) is 6.95. The first-order chi connectivity index (χ1) is 10.7. The number of primary amides is 1. The molecule has 9 heteroatoms. The maximum Gasteiger partial charge on any atom is 0.433 e. The summed E-state index contributed by atoms with van der Waals surface area (Å²) in [5.74, 6) is -1.95. The average molecular weight is 331 g/mol. The number of piperidine rings is 1. The molecule has 1 aromatic heterocycles. The minimum atomic E-state index is -4.64. The van der Waals surface area contributed by atoms with Crippen LogP contribution in [0.2, 0.25) is 0 Å². The number of aromatic nitrogens is 1. The lowest BCUT2D eigenvalue weighted by molar-refractivity contribution is -0.141. The number of amides is 1. The van der Waals surface area contributed by atoms with Gasteiger partial charge >= 0.3 is 12.1 Å². The molecule has 1 aliphatic rings. The molecule has 0 radical (unpaired) electrons. The van der Waals surface area contributed by atoms with E-state index < -0.39 is 29.7 Å². The maximum atomic E-state index is 12.9. The number of carbonyl (C=O) groups excluding carboxylic acids is 2. The zero-order valence-electron chi connectivity index (χ0n) is 12.4. The Balaban J connectivity index is 2.44. The van der Waals surface area contributed by atoms with Gasteiger partial charge in [0.15, 0.2) is 0 Å². The van der Waals surface area contributed by atoms with Gasteiger partial charge in [0.1, 0.15) is 17.1 Å². The van der Waals surface area contributed by atoms with E-state index in [1.165, 1.54) is 4.90 Å². The smallest absolute Gasteiger partial charge is 0.433 e. The van der Waals surface area contributed by atoms with Crippen LogP contribution in [0.15, 0.2) is 12.1 Å². The largest absolute Gasteiger partial charge is 0.465 e. The van der Waals surface area contributed by atoms with Crippen molar-refractivity contribution >= 4 is 17.7 Å². The van der Waals surface area contributed by atoms with Crippen LogP contribution in [0.5, 0.6) is 0 Å². The summed E-state index contributed by atoms with van der Waals surface area (Å²) in [7, 11) is 1.13. The summed E-state index contributed by atoms with van der Waals surface area (Å²) in [5, 5.41) is 0. The summed E-state index contributed by atoms with van der Waals surface area (Å²) in [6.45, 7) is 0.496. The topological polar surface area (TPSA) is 85.5 Å². The maximum absolute atomic E-state index is 12.9. The number of methoxy groups -OCH3 is 1. The van der Waals surface area contributed by atoms with E-state index in [0.717, 1.165) is 19.2 Å². The number of rotatable bonds is 3. The minimum Gasteiger partial charge on any atom is -0.465 e. The van der Waals surface area contributed by atoms with Crippen LogP contribution < -0.4 is 10.6 Å². The van der Waals surface area contributed by atoms with Crippen molar-refractivity contribution in [2.45, 2.75) is 19.0 Å². The molecule has 2 rings (SSSR count). The molecule has 0 aliphatic carbocycles. The van der Waals surface area contributed by atoms with Crippen molar-refractivity contribution in [3.8, 4) is 0 Å². The number of pyridine rings is 1. The predicted molar refractivity (Wildman–Crippen MR) is 74.7 cm³/mol. The Morgan fingerprint density at radius 2 is 2.09 bits per heavy atom. The Hall–Kier alpha value is -2.32. The third kappa shape index (κ3) is 3.72. The van der Waals surface area contributed by atoms with E-state index in [-0.39, 0.29) is 17.9 Å². The number of anilines is 1. The molecule has 1 saturated heterocycles. The zero-order valence-corrected chi connectivity index (χ0v) is 12.4. The SMILES string of the molecule is COC(=O)c1ccc(C(F)(F)F)nc1N1CCC[C@@H](C(N)=O)C1. The molecule has 1 aromatic rings. The van der Waals surface area contributed by atoms with E-state index >= 15 is 0 Å². The molecule has 2 N–H and O–H groups in total. The number of hydrogen-bond acceptors (Lipinski definition) is 5. The molecule has 23 heavy (non-hydrogen) atoms. The summed E-state index contributed by atoms with van der Waals surface area (Å²) >= 11 is 0. The third-order valence-electron chi connectivity index (χ3n) is 3.69. The summed E-state index contributed by atoms with van der Waals surface area (Å²) < 4.78 is 43.2. The van der Waals surface area contributed by atoms with Gasteiger partial charge in [0.25, 0.3) is 0 Å². The van der Waals surface area contributed by atoms with Crippen molar-refractivity contribution in [3.05, 3.63) is 23.4 Å². The molecule has 0 saturated carbocycles. The van der Waals surface area contributed by atoms with Crippen LogP contribution in [0.4, 0.5) is 19.0 Å². The van der Waals surface area contributed by atoms with Gasteiger partial charge in [-0.3, -0.25) is 4.79 Å². The van der Waals surface area contributed by atoms with Gasteiger partial charge in [-0.1, -0.05) is 0 Å². The van der Waals surface area contributed by atoms with Gasteiger partial charge in [-0.15, -0.1) is 0 Å². The monoisotopic (exact) mass is 331 g/mol. The minimum absolute atomic E-state index is 0.0781. The predicted octanol–water partition coefficient (Wildman–Crippen LogP) is 1.59. The second-order valence-electron chi connectivity index (χ2n) is 5.24. The van der Waals surface area contributed by atoms with E-state index in [9.17, 15) is 22.8 Å². The molecule has 0 aromatic carbocycles. The molecule has 6 nitrogen and oxygen atoms in total. The standard InChI is InChI=1S/C14H16F3N3O3/c1-23-13(22)9-4-5-10(14(15,16)17)19-12(9)20-6-2-3-8(7-20)11(18)21/h4-5,8H,2-3,6-7H2,1H3,(H2,18,21)/t8-/m1/s1. The van der Waals surface area contributed by atoms with Crippen LogP contribution in [0.1, 0.15) is 28.9 Å². The quantitative estimate of drug-likeness (QED) is 0.850. The van der Waals surface area contributed by atoms with E-state index in [0.29, 0.717) is 19.4 Å². The Morgan fingerprint density at radius 1 is 1.39 bits per heavy atom. The van der Waals surface area contributed by atoms with Crippen LogP contribution in [-0.4, -0.2) is 37.1 Å². The van der Waals surface area contributed by atoms with E-state index in [4.69, 9.17) is 5.73 Å². The number of alkyl halides is 3. The van der Waals surface area contributed by atoms with Crippen LogP contribution in [0.25, 0.3) is 0 Å². The van der Waals surface area contributed by atoms with E-state index in [1.807, 2.05) is 0 Å². The lowest BCUT2D eigenvalue weighted by Crippen LogP contribution is -2.42. The number of esters is 1. The van der Waals surface area contributed by atoms with Gasteiger partial charge in [0.2, 0.25) is 5.91 Å².